The number of likely N-dealkylation sites (N-methyl/N-ethyl adjacent to an activating group) is 1. The first-order chi connectivity index (χ1) is 9.58. The van der Waals surface area contributed by atoms with E-state index in [4.69, 9.17) is 0 Å². The van der Waals surface area contributed by atoms with Gasteiger partial charge in [-0.3, -0.25) is 15.0 Å². The van der Waals surface area contributed by atoms with Gasteiger partial charge in [0.15, 0.2) is 0 Å². The maximum Gasteiger partial charge on any atom is 0.272 e. The topological polar surface area (TPSA) is 61.6 Å². The zero-order chi connectivity index (χ0) is 14.5. The van der Waals surface area contributed by atoms with E-state index < -0.39 is 0 Å². The van der Waals surface area contributed by atoms with E-state index in [1.165, 1.54) is 0 Å². The van der Waals surface area contributed by atoms with Crippen molar-refractivity contribution in [1.82, 2.24) is 10.2 Å². The second-order valence-corrected chi connectivity index (χ2v) is 5.24. The van der Waals surface area contributed by atoms with Crippen molar-refractivity contribution in [3.8, 4) is 0 Å². The maximum absolute atomic E-state index is 10.8. The number of hydrogen-bond acceptors (Lipinski definition) is 5. The second kappa shape index (κ2) is 6.67. The van der Waals surface area contributed by atoms with Crippen molar-refractivity contribution >= 4 is 11.4 Å². The lowest BCUT2D eigenvalue weighted by molar-refractivity contribution is -0.385. The average molecular weight is 278 g/mol. The van der Waals surface area contributed by atoms with Gasteiger partial charge in [-0.1, -0.05) is 0 Å². The number of hydrogen-bond donors (Lipinski definition) is 1. The molecule has 0 saturated carbocycles. The van der Waals surface area contributed by atoms with Crippen LogP contribution in [0.1, 0.15) is 5.56 Å². The van der Waals surface area contributed by atoms with Crippen molar-refractivity contribution in [1.29, 1.82) is 0 Å². The van der Waals surface area contributed by atoms with E-state index in [0.29, 0.717) is 5.56 Å². The molecular formula is C14H22N4O2. The monoisotopic (exact) mass is 278 g/mol. The van der Waals surface area contributed by atoms with Crippen molar-refractivity contribution in [2.45, 2.75) is 6.92 Å². The predicted molar refractivity (Wildman–Crippen MR) is 80.4 cm³/mol. The summed E-state index contributed by atoms with van der Waals surface area (Å²) in [4.78, 5) is 15.1. The Bertz CT molecular complexity index is 472. The molecule has 0 atom stereocenters. The smallest absolute Gasteiger partial charge is 0.272 e. The summed E-state index contributed by atoms with van der Waals surface area (Å²) in [6, 6.07) is 5.30. The fourth-order valence-corrected chi connectivity index (χ4v) is 2.44. The highest BCUT2D eigenvalue weighted by Crippen LogP contribution is 2.23. The summed E-state index contributed by atoms with van der Waals surface area (Å²) in [7, 11) is 2.03. The molecule has 1 aliphatic heterocycles. The molecule has 0 amide bonds. The Morgan fingerprint density at radius 3 is 2.70 bits per heavy atom. The normalized spacial score (nSPS) is 16.1. The van der Waals surface area contributed by atoms with Crippen molar-refractivity contribution in [3.05, 3.63) is 33.9 Å². The summed E-state index contributed by atoms with van der Waals surface area (Å²) < 4.78 is 0. The molecular weight excluding hydrogens is 256 g/mol. The molecule has 1 aromatic carbocycles. The summed E-state index contributed by atoms with van der Waals surface area (Å²) in [5.74, 6) is 0. The summed E-state index contributed by atoms with van der Waals surface area (Å²) in [6.45, 7) is 8.03. The molecule has 0 aliphatic carbocycles. The number of benzene rings is 1. The van der Waals surface area contributed by atoms with Gasteiger partial charge in [0.2, 0.25) is 0 Å². The quantitative estimate of drug-likeness (QED) is 0.648. The van der Waals surface area contributed by atoms with Crippen LogP contribution >= 0.6 is 0 Å². The molecule has 2 rings (SSSR count). The molecule has 1 aliphatic rings. The third kappa shape index (κ3) is 3.68. The van der Waals surface area contributed by atoms with Gasteiger partial charge < -0.3 is 10.2 Å². The molecule has 20 heavy (non-hydrogen) atoms. The first-order valence-electron chi connectivity index (χ1n) is 6.97. The fourth-order valence-electron chi connectivity index (χ4n) is 2.44. The zero-order valence-corrected chi connectivity index (χ0v) is 12.1. The molecule has 1 aromatic rings. The number of piperazine rings is 1. The van der Waals surface area contributed by atoms with Gasteiger partial charge in [0.1, 0.15) is 0 Å². The van der Waals surface area contributed by atoms with E-state index in [0.717, 1.165) is 45.0 Å². The van der Waals surface area contributed by atoms with Crippen molar-refractivity contribution < 1.29 is 4.92 Å². The molecule has 110 valence electrons. The van der Waals surface area contributed by atoms with Crippen molar-refractivity contribution in [2.24, 2.45) is 0 Å². The van der Waals surface area contributed by atoms with E-state index in [9.17, 15) is 10.1 Å². The van der Waals surface area contributed by atoms with E-state index in [2.05, 4.69) is 15.1 Å². The molecule has 1 heterocycles. The molecule has 6 heteroatoms. The van der Waals surface area contributed by atoms with E-state index in [-0.39, 0.29) is 10.6 Å². The summed E-state index contributed by atoms with van der Waals surface area (Å²) in [5, 5.41) is 14.2. The van der Waals surface area contributed by atoms with Crippen LogP contribution in [0.2, 0.25) is 0 Å². The van der Waals surface area contributed by atoms with Crippen molar-refractivity contribution in [3.63, 3.8) is 0 Å². The van der Waals surface area contributed by atoms with E-state index in [1.54, 1.807) is 13.0 Å². The van der Waals surface area contributed by atoms with Gasteiger partial charge in [0.05, 0.1) is 4.92 Å². The van der Waals surface area contributed by atoms with Gasteiger partial charge >= 0.3 is 0 Å². The van der Waals surface area contributed by atoms with Crippen LogP contribution in [0, 0.1) is 17.0 Å². The highest BCUT2D eigenvalue weighted by molar-refractivity contribution is 5.54. The van der Waals surface area contributed by atoms with E-state index in [1.807, 2.05) is 19.2 Å². The van der Waals surface area contributed by atoms with Crippen LogP contribution in [-0.4, -0.2) is 56.1 Å². The van der Waals surface area contributed by atoms with Crippen LogP contribution < -0.4 is 10.2 Å². The Labute approximate surface area is 119 Å². The third-order valence-electron chi connectivity index (χ3n) is 3.78. The first-order valence-corrected chi connectivity index (χ1v) is 6.97. The van der Waals surface area contributed by atoms with Crippen LogP contribution in [-0.2, 0) is 0 Å². The number of nitro groups is 1. The SMILES string of the molecule is Cc1cc(N(C)CCN2CCNCC2)ccc1[N+](=O)[O-]. The molecule has 1 fully saturated rings. The number of nitrogens with one attached hydrogen (secondary N) is 1. The molecule has 1 saturated heterocycles. The Kier molecular flexibility index (Phi) is 4.92. The van der Waals surface area contributed by atoms with Crippen LogP contribution in [0.15, 0.2) is 18.2 Å². The van der Waals surface area contributed by atoms with Crippen LogP contribution in [0.3, 0.4) is 0 Å². The highest BCUT2D eigenvalue weighted by Gasteiger charge is 2.13. The Morgan fingerprint density at radius 2 is 2.10 bits per heavy atom. The summed E-state index contributed by atoms with van der Waals surface area (Å²) in [5.41, 5.74) is 1.93. The molecule has 0 spiro atoms. The predicted octanol–water partition coefficient (Wildman–Crippen LogP) is 1.24. The summed E-state index contributed by atoms with van der Waals surface area (Å²) >= 11 is 0. The first kappa shape index (κ1) is 14.7. The van der Waals surface area contributed by atoms with Gasteiger partial charge in [0.25, 0.3) is 5.69 Å². The lowest BCUT2D eigenvalue weighted by atomic mass is 10.1. The number of anilines is 1. The molecule has 6 nitrogen and oxygen atoms in total. The number of aryl methyl sites for hydroxylation is 1. The highest BCUT2D eigenvalue weighted by atomic mass is 16.6. The third-order valence-corrected chi connectivity index (χ3v) is 3.78. The van der Waals surface area contributed by atoms with E-state index >= 15 is 0 Å². The van der Waals surface area contributed by atoms with Gasteiger partial charge in [-0.15, -0.1) is 0 Å². The molecule has 0 aromatic heterocycles. The maximum atomic E-state index is 10.8. The van der Waals surface area contributed by atoms with Crippen LogP contribution in [0.5, 0.6) is 0 Å². The largest absolute Gasteiger partial charge is 0.373 e. The number of rotatable bonds is 5. The molecule has 0 unspecified atom stereocenters. The minimum absolute atomic E-state index is 0.184. The Balaban J connectivity index is 1.93. The Hall–Kier alpha value is -1.66. The lowest BCUT2D eigenvalue weighted by Gasteiger charge is -2.29. The minimum atomic E-state index is -0.333. The van der Waals surface area contributed by atoms with Crippen molar-refractivity contribution in [2.75, 3.05) is 51.2 Å². The minimum Gasteiger partial charge on any atom is -0.373 e. The van der Waals surface area contributed by atoms with Crippen LogP contribution in [0.4, 0.5) is 11.4 Å². The average Bonchev–Trinajstić information content (AvgIpc) is 2.45. The number of nitro benzene ring substituents is 1. The number of nitrogens with zero attached hydrogens (tertiary/aromatic N) is 3. The second-order valence-electron chi connectivity index (χ2n) is 5.24. The Morgan fingerprint density at radius 1 is 1.40 bits per heavy atom. The standard InChI is InChI=1S/C14H22N4O2/c1-12-11-13(3-4-14(12)18(19)20)16(2)9-10-17-7-5-15-6-8-17/h3-4,11,15H,5-10H2,1-2H3. The van der Waals surface area contributed by atoms with Crippen LogP contribution in [0.25, 0.3) is 0 Å². The molecule has 0 bridgehead atoms. The van der Waals surface area contributed by atoms with Gasteiger partial charge in [-0.05, 0) is 19.1 Å². The van der Waals surface area contributed by atoms with Gasteiger partial charge in [-0.2, -0.15) is 0 Å². The fraction of sp³-hybridized carbons (Fsp3) is 0.571. The zero-order valence-electron chi connectivity index (χ0n) is 12.1. The molecule has 0 radical (unpaired) electrons. The van der Waals surface area contributed by atoms with Gasteiger partial charge in [-0.25, -0.2) is 0 Å². The molecule has 1 N–H and O–H groups in total. The summed E-state index contributed by atoms with van der Waals surface area (Å²) in [6.07, 6.45) is 0. The lowest BCUT2D eigenvalue weighted by Crippen LogP contribution is -2.46. The van der Waals surface area contributed by atoms with Gasteiger partial charge in [0, 0.05) is 63.6 Å².